The second-order valence-electron chi connectivity index (χ2n) is 7.51. The zero-order valence-electron chi connectivity index (χ0n) is 20.6. The molecule has 0 aliphatic heterocycles. The fraction of sp³-hybridized carbons (Fsp3) is 0.333. The molecule has 0 aliphatic rings. The molecule has 2 unspecified atom stereocenters. The number of amides is 4. The molecule has 21 nitrogen and oxygen atoms in total. The van der Waals surface area contributed by atoms with Crippen molar-refractivity contribution in [1.82, 2.24) is 20.3 Å². The van der Waals surface area contributed by atoms with Crippen LogP contribution in [-0.4, -0.2) is 96.4 Å². The van der Waals surface area contributed by atoms with Crippen LogP contribution in [-0.2, 0) is 57.5 Å². The SMILES string of the molecule is CC(=O)C(C(=O)O)(C(=O)O)C(=O)NPNC(=O)C(C(C)=O)(C(=O)O)C(=O)NPNC(=O)C(C(C)=O)(C(=O)O)C(=O)O. The van der Waals surface area contributed by atoms with Gasteiger partial charge in [0.1, 0.15) is 0 Å². The van der Waals surface area contributed by atoms with E-state index < -0.39 is 105 Å². The van der Waals surface area contributed by atoms with Crippen molar-refractivity contribution in [3.05, 3.63) is 0 Å². The zero-order chi connectivity index (χ0) is 32.7. The van der Waals surface area contributed by atoms with Gasteiger partial charge in [0.15, 0.2) is 17.3 Å². The van der Waals surface area contributed by atoms with E-state index in [-0.39, 0.29) is 0 Å². The van der Waals surface area contributed by atoms with E-state index in [4.69, 9.17) is 20.4 Å². The van der Waals surface area contributed by atoms with Crippen molar-refractivity contribution < 1.29 is 83.1 Å². The van der Waals surface area contributed by atoms with E-state index in [0.29, 0.717) is 20.8 Å². The number of hydrogen-bond donors (Lipinski definition) is 9. The Morgan fingerprint density at radius 2 is 0.561 bits per heavy atom. The van der Waals surface area contributed by atoms with Gasteiger partial charge >= 0.3 is 29.8 Å². The average Bonchev–Trinajstić information content (AvgIpc) is 2.78. The molecule has 9 N–H and O–H groups in total. The quantitative estimate of drug-likeness (QED) is 0.0577. The molecule has 224 valence electrons. The number of rotatable bonds is 16. The first-order valence-corrected chi connectivity index (χ1v) is 12.1. The van der Waals surface area contributed by atoms with Crippen molar-refractivity contribution in [2.75, 3.05) is 0 Å². The normalized spacial score (nSPS) is 13.0. The lowest BCUT2D eigenvalue weighted by atomic mass is 9.82. The molecule has 23 heteroatoms. The fourth-order valence-electron chi connectivity index (χ4n) is 2.93. The molecule has 0 fully saturated rings. The topological polar surface area (TPSA) is 354 Å². The Labute approximate surface area is 229 Å². The number of Topliss-reactive ketones (excluding diaryl/α,β-unsaturated/α-hetero) is 3. The number of nitrogens with one attached hydrogen (secondary N) is 4. The maximum absolute atomic E-state index is 12.6. The lowest BCUT2D eigenvalue weighted by Crippen LogP contribution is -2.59. The van der Waals surface area contributed by atoms with Gasteiger partial charge in [0.05, 0.1) is 17.8 Å². The van der Waals surface area contributed by atoms with Crippen LogP contribution in [0.1, 0.15) is 20.8 Å². The fourth-order valence-corrected chi connectivity index (χ4v) is 4.25. The van der Waals surface area contributed by atoms with Gasteiger partial charge in [-0.25, -0.2) is 19.2 Å². The van der Waals surface area contributed by atoms with Crippen LogP contribution in [0.25, 0.3) is 0 Å². The van der Waals surface area contributed by atoms with Gasteiger partial charge in [-0.15, -0.1) is 0 Å². The predicted molar refractivity (Wildman–Crippen MR) is 127 cm³/mol. The second-order valence-corrected chi connectivity index (χ2v) is 9.01. The summed E-state index contributed by atoms with van der Waals surface area (Å²) in [7, 11) is -3.26. The summed E-state index contributed by atoms with van der Waals surface area (Å²) >= 11 is 0. The Hall–Kier alpha value is -4.90. The number of carboxylic acids is 5. The minimum absolute atomic E-state index is 0.432. The van der Waals surface area contributed by atoms with E-state index in [9.17, 15) is 62.6 Å². The van der Waals surface area contributed by atoms with Crippen LogP contribution < -0.4 is 20.3 Å². The highest BCUT2D eigenvalue weighted by Gasteiger charge is 2.61. The van der Waals surface area contributed by atoms with Gasteiger partial charge in [0.25, 0.3) is 39.9 Å². The molecule has 2 atom stereocenters. The average molecular weight is 626 g/mol. The van der Waals surface area contributed by atoms with E-state index in [0.717, 1.165) is 0 Å². The minimum atomic E-state index is -3.70. The highest BCUT2D eigenvalue weighted by Crippen LogP contribution is 2.27. The van der Waals surface area contributed by atoms with Crippen LogP contribution >= 0.6 is 17.8 Å². The molecule has 0 aromatic carbocycles. The Kier molecular flexibility index (Phi) is 11.8. The molecular formula is C18H20N4O17P2. The largest absolute Gasteiger partial charge is 0.480 e. The number of ketones is 3. The Morgan fingerprint density at radius 3 is 0.707 bits per heavy atom. The predicted octanol–water partition coefficient (Wildman–Crippen LogP) is -4.38. The molecule has 0 saturated heterocycles. The van der Waals surface area contributed by atoms with Gasteiger partial charge in [-0.2, -0.15) is 0 Å². The van der Waals surface area contributed by atoms with Gasteiger partial charge in [-0.05, 0) is 20.8 Å². The molecule has 4 amide bonds. The van der Waals surface area contributed by atoms with Crippen molar-refractivity contribution in [2.45, 2.75) is 20.8 Å². The summed E-state index contributed by atoms with van der Waals surface area (Å²) in [5, 5.41) is 52.2. The summed E-state index contributed by atoms with van der Waals surface area (Å²) in [5.74, 6) is -25.2. The third-order valence-electron chi connectivity index (χ3n) is 5.25. The number of carbonyl (C=O) groups is 12. The van der Waals surface area contributed by atoms with E-state index in [1.165, 1.54) is 10.2 Å². The maximum Gasteiger partial charge on any atom is 0.338 e. The highest BCUT2D eigenvalue weighted by molar-refractivity contribution is 7.35. The van der Waals surface area contributed by atoms with E-state index in [2.05, 4.69) is 0 Å². The molecule has 0 aliphatic carbocycles. The van der Waals surface area contributed by atoms with Gasteiger partial charge < -0.3 is 45.9 Å². The van der Waals surface area contributed by atoms with Gasteiger partial charge in [0, 0.05) is 0 Å². The number of aliphatic carboxylic acids is 5. The monoisotopic (exact) mass is 626 g/mol. The standard InChI is InChI=1S/C18H20N4O17P2/c1-4(23)16(11(30)31,7(26)19-40-21-9(28)17(5(2)24,12(32)33)13(34)35)8(27)20-41-22-10(29)18(6(3)25,14(36)37)15(38)39/h40-41H,1-3H3,(H,19,26)(H,20,27)(H,21,28)(H,22,29)(H,30,31)(H,32,33)(H,34,35)(H,36,37)(H,38,39). The zero-order valence-corrected chi connectivity index (χ0v) is 22.6. The first-order valence-electron chi connectivity index (χ1n) is 10.1. The Balaban J connectivity index is 5.98. The summed E-state index contributed by atoms with van der Waals surface area (Å²) < 4.78 is 0. The van der Waals surface area contributed by atoms with E-state index >= 15 is 0 Å². The Bertz CT molecular complexity index is 1110. The summed E-state index contributed by atoms with van der Waals surface area (Å²) in [6.45, 7) is 1.33. The molecular weight excluding hydrogens is 606 g/mol. The third-order valence-corrected chi connectivity index (χ3v) is 6.66. The highest BCUT2D eigenvalue weighted by atomic mass is 31.1. The van der Waals surface area contributed by atoms with Crippen LogP contribution in [0.15, 0.2) is 0 Å². The minimum Gasteiger partial charge on any atom is -0.480 e. The molecule has 0 heterocycles. The van der Waals surface area contributed by atoms with Crippen LogP contribution in [0.2, 0.25) is 0 Å². The van der Waals surface area contributed by atoms with Gasteiger partial charge in [-0.3, -0.25) is 38.4 Å². The van der Waals surface area contributed by atoms with Crippen LogP contribution in [0, 0.1) is 16.2 Å². The van der Waals surface area contributed by atoms with E-state index in [1.54, 1.807) is 10.2 Å². The molecule has 0 spiro atoms. The molecule has 0 bridgehead atoms. The smallest absolute Gasteiger partial charge is 0.338 e. The molecule has 0 aromatic rings. The first-order chi connectivity index (χ1) is 18.6. The van der Waals surface area contributed by atoms with E-state index in [1.807, 2.05) is 0 Å². The lowest BCUT2D eigenvalue weighted by molar-refractivity contribution is -0.174. The Morgan fingerprint density at radius 1 is 0.390 bits per heavy atom. The summed E-state index contributed by atoms with van der Waals surface area (Å²) in [4.78, 5) is 142. The van der Waals surface area contributed by atoms with Crippen molar-refractivity contribution >= 4 is 88.6 Å². The number of carboxylic acid groups (broad SMARTS) is 5. The summed E-state index contributed by atoms with van der Waals surface area (Å²) in [5.41, 5.74) is -11.1. The molecule has 0 aromatic heterocycles. The van der Waals surface area contributed by atoms with Crippen LogP contribution in [0.4, 0.5) is 0 Å². The first kappa shape index (κ1) is 36.1. The molecule has 0 saturated carbocycles. The number of hydrogen-bond acceptors (Lipinski definition) is 12. The third kappa shape index (κ3) is 6.15. The van der Waals surface area contributed by atoms with Crippen molar-refractivity contribution in [3.63, 3.8) is 0 Å². The molecule has 0 rings (SSSR count). The van der Waals surface area contributed by atoms with Crippen molar-refractivity contribution in [2.24, 2.45) is 16.2 Å². The maximum atomic E-state index is 12.6. The van der Waals surface area contributed by atoms with Crippen molar-refractivity contribution in [1.29, 1.82) is 0 Å². The molecule has 0 radical (unpaired) electrons. The summed E-state index contributed by atoms with van der Waals surface area (Å²) in [6.07, 6.45) is 0. The van der Waals surface area contributed by atoms with Gasteiger partial charge in [0.2, 0.25) is 0 Å². The van der Waals surface area contributed by atoms with Crippen LogP contribution in [0.3, 0.4) is 0 Å². The van der Waals surface area contributed by atoms with Crippen LogP contribution in [0.5, 0.6) is 0 Å². The number of carbonyl (C=O) groups excluding carboxylic acids is 7. The van der Waals surface area contributed by atoms with Crippen molar-refractivity contribution in [3.8, 4) is 0 Å². The second kappa shape index (κ2) is 13.4. The summed E-state index contributed by atoms with van der Waals surface area (Å²) in [6, 6.07) is 0. The van der Waals surface area contributed by atoms with Gasteiger partial charge in [-0.1, -0.05) is 0 Å². The molecule has 41 heavy (non-hydrogen) atoms. The lowest BCUT2D eigenvalue weighted by Gasteiger charge is -2.26.